The molecule has 1 rings (SSSR count). The Morgan fingerprint density at radius 2 is 2.00 bits per heavy atom. The zero-order chi connectivity index (χ0) is 14.8. The molecule has 1 N–H and O–H groups in total. The lowest BCUT2D eigenvalue weighted by atomic mass is 10.1. The SMILES string of the molecule is O=C(O)Cc1cnc(F)c(OC(F)(F)F)c1C(F)F. The minimum Gasteiger partial charge on any atom is -0.481 e. The molecule has 0 aliphatic carbocycles. The van der Waals surface area contributed by atoms with Gasteiger partial charge in [0.15, 0.2) is 5.75 Å². The fraction of sp³-hybridized carbons (Fsp3) is 0.333. The van der Waals surface area contributed by atoms with Crippen LogP contribution in [0.3, 0.4) is 0 Å². The zero-order valence-corrected chi connectivity index (χ0v) is 8.84. The number of aromatic nitrogens is 1. The van der Waals surface area contributed by atoms with Gasteiger partial charge in [-0.15, -0.1) is 13.2 Å². The lowest BCUT2D eigenvalue weighted by Gasteiger charge is -2.15. The molecule has 1 aromatic rings. The molecule has 0 saturated heterocycles. The predicted octanol–water partition coefficient (Wildman–Crippen LogP) is 2.68. The van der Waals surface area contributed by atoms with E-state index < -0.39 is 48.0 Å². The van der Waals surface area contributed by atoms with E-state index in [1.165, 1.54) is 0 Å². The quantitative estimate of drug-likeness (QED) is 0.684. The number of aliphatic carboxylic acids is 1. The van der Waals surface area contributed by atoms with Gasteiger partial charge in [-0.25, -0.2) is 13.8 Å². The first-order valence-electron chi connectivity index (χ1n) is 4.54. The van der Waals surface area contributed by atoms with E-state index in [1.807, 2.05) is 0 Å². The van der Waals surface area contributed by atoms with Gasteiger partial charge in [-0.1, -0.05) is 0 Å². The Morgan fingerprint density at radius 3 is 2.42 bits per heavy atom. The molecule has 1 aromatic heterocycles. The molecule has 0 amide bonds. The van der Waals surface area contributed by atoms with Gasteiger partial charge in [0.25, 0.3) is 12.4 Å². The van der Waals surface area contributed by atoms with E-state index in [2.05, 4.69) is 9.72 Å². The van der Waals surface area contributed by atoms with Crippen LogP contribution in [0, 0.1) is 5.95 Å². The van der Waals surface area contributed by atoms with Crippen molar-refractivity contribution in [1.29, 1.82) is 0 Å². The number of ether oxygens (including phenoxy) is 1. The standard InChI is InChI=1S/C9H5F6NO3/c10-7(11)5-3(1-4(17)18)2-16-8(12)6(5)19-9(13,14)15/h2,7H,1H2,(H,17,18). The van der Waals surface area contributed by atoms with Crippen LogP contribution in [0.25, 0.3) is 0 Å². The molecule has 0 spiro atoms. The molecule has 1 heterocycles. The fourth-order valence-corrected chi connectivity index (χ4v) is 1.28. The van der Waals surface area contributed by atoms with Crippen molar-refractivity contribution in [3.8, 4) is 5.75 Å². The fourth-order valence-electron chi connectivity index (χ4n) is 1.28. The molecule has 4 nitrogen and oxygen atoms in total. The second-order valence-corrected chi connectivity index (χ2v) is 3.24. The molecule has 0 atom stereocenters. The summed E-state index contributed by atoms with van der Waals surface area (Å²) in [5, 5.41) is 8.44. The van der Waals surface area contributed by atoms with E-state index in [-0.39, 0.29) is 0 Å². The highest BCUT2D eigenvalue weighted by Gasteiger charge is 2.36. The molecule has 106 valence electrons. The van der Waals surface area contributed by atoms with Crippen molar-refractivity contribution >= 4 is 5.97 Å². The molecule has 0 saturated carbocycles. The van der Waals surface area contributed by atoms with Crippen LogP contribution in [0.5, 0.6) is 5.75 Å². The van der Waals surface area contributed by atoms with E-state index >= 15 is 0 Å². The topological polar surface area (TPSA) is 59.4 Å². The molecule has 19 heavy (non-hydrogen) atoms. The van der Waals surface area contributed by atoms with Crippen LogP contribution in [0.4, 0.5) is 26.3 Å². The minimum absolute atomic E-state index is 0.425. The summed E-state index contributed by atoms with van der Waals surface area (Å²) in [5.74, 6) is -5.31. The lowest BCUT2D eigenvalue weighted by Crippen LogP contribution is -2.20. The largest absolute Gasteiger partial charge is 0.573 e. The third kappa shape index (κ3) is 4.00. The summed E-state index contributed by atoms with van der Waals surface area (Å²) in [5.41, 5.74) is -2.24. The smallest absolute Gasteiger partial charge is 0.481 e. The number of pyridine rings is 1. The Hall–Kier alpha value is -2.00. The summed E-state index contributed by atoms with van der Waals surface area (Å²) in [7, 11) is 0. The summed E-state index contributed by atoms with van der Waals surface area (Å²) >= 11 is 0. The van der Waals surface area contributed by atoms with Crippen LogP contribution < -0.4 is 4.74 Å². The highest BCUT2D eigenvalue weighted by Crippen LogP contribution is 2.36. The molecule has 0 unspecified atom stereocenters. The molecule has 0 aliphatic heterocycles. The number of halogens is 6. The summed E-state index contributed by atoms with van der Waals surface area (Å²) in [6, 6.07) is 0. The molecule has 0 fully saturated rings. The van der Waals surface area contributed by atoms with E-state index in [4.69, 9.17) is 5.11 Å². The first-order valence-corrected chi connectivity index (χ1v) is 4.54. The molecule has 0 bridgehead atoms. The van der Waals surface area contributed by atoms with Crippen LogP contribution in [0.15, 0.2) is 6.20 Å². The van der Waals surface area contributed by atoms with Crippen LogP contribution in [0.1, 0.15) is 17.6 Å². The van der Waals surface area contributed by atoms with E-state index in [1.54, 1.807) is 0 Å². The maximum absolute atomic E-state index is 13.0. The van der Waals surface area contributed by atoms with Gasteiger partial charge in [0.2, 0.25) is 0 Å². The summed E-state index contributed by atoms with van der Waals surface area (Å²) in [6.45, 7) is 0. The Balaban J connectivity index is 3.37. The molecule has 0 aromatic carbocycles. The van der Waals surface area contributed by atoms with Crippen molar-refractivity contribution < 1.29 is 41.0 Å². The van der Waals surface area contributed by atoms with E-state index in [0.29, 0.717) is 6.20 Å². The van der Waals surface area contributed by atoms with Gasteiger partial charge in [-0.3, -0.25) is 4.79 Å². The van der Waals surface area contributed by atoms with E-state index in [0.717, 1.165) is 0 Å². The minimum atomic E-state index is -5.41. The summed E-state index contributed by atoms with van der Waals surface area (Å²) < 4.78 is 77.4. The van der Waals surface area contributed by atoms with Crippen molar-refractivity contribution in [3.63, 3.8) is 0 Å². The molecule has 0 radical (unpaired) electrons. The number of alkyl halides is 5. The normalized spacial score (nSPS) is 11.7. The van der Waals surface area contributed by atoms with Crippen LogP contribution in [-0.4, -0.2) is 22.4 Å². The zero-order valence-electron chi connectivity index (χ0n) is 8.84. The van der Waals surface area contributed by atoms with Crippen molar-refractivity contribution in [3.05, 3.63) is 23.3 Å². The van der Waals surface area contributed by atoms with E-state index in [9.17, 15) is 31.1 Å². The third-order valence-electron chi connectivity index (χ3n) is 1.89. The summed E-state index contributed by atoms with van der Waals surface area (Å²) in [6.07, 6.45) is -9.58. The van der Waals surface area contributed by atoms with Crippen LogP contribution in [0.2, 0.25) is 0 Å². The van der Waals surface area contributed by atoms with Gasteiger partial charge in [0, 0.05) is 6.20 Å². The lowest BCUT2D eigenvalue weighted by molar-refractivity contribution is -0.276. The Kier molecular flexibility index (Phi) is 4.22. The van der Waals surface area contributed by atoms with Gasteiger partial charge in [-0.2, -0.15) is 4.39 Å². The predicted molar refractivity (Wildman–Crippen MR) is 47.2 cm³/mol. The number of hydrogen-bond acceptors (Lipinski definition) is 3. The van der Waals surface area contributed by atoms with Crippen molar-refractivity contribution in [2.75, 3.05) is 0 Å². The number of carbonyl (C=O) groups is 1. The molecule has 10 heteroatoms. The van der Waals surface area contributed by atoms with Gasteiger partial charge in [0.05, 0.1) is 12.0 Å². The van der Waals surface area contributed by atoms with Crippen molar-refractivity contribution in [2.45, 2.75) is 19.2 Å². The molecular formula is C9H5F6NO3. The van der Waals surface area contributed by atoms with Crippen LogP contribution >= 0.6 is 0 Å². The number of rotatable bonds is 4. The van der Waals surface area contributed by atoms with Gasteiger partial charge < -0.3 is 9.84 Å². The maximum atomic E-state index is 13.0. The first-order chi connectivity index (χ1) is 8.61. The van der Waals surface area contributed by atoms with Gasteiger partial charge >= 0.3 is 12.3 Å². The molecular weight excluding hydrogens is 284 g/mol. The second-order valence-electron chi connectivity index (χ2n) is 3.24. The average molecular weight is 289 g/mol. The third-order valence-corrected chi connectivity index (χ3v) is 1.89. The Bertz CT molecular complexity index is 488. The Morgan fingerprint density at radius 1 is 1.42 bits per heavy atom. The average Bonchev–Trinajstić information content (AvgIpc) is 2.19. The summed E-state index contributed by atoms with van der Waals surface area (Å²) in [4.78, 5) is 13.2. The van der Waals surface area contributed by atoms with Gasteiger partial charge in [-0.05, 0) is 5.56 Å². The Labute approximate surface area is 101 Å². The highest BCUT2D eigenvalue weighted by molar-refractivity contribution is 5.71. The maximum Gasteiger partial charge on any atom is 0.573 e. The first kappa shape index (κ1) is 15.1. The number of nitrogens with zero attached hydrogens (tertiary/aromatic N) is 1. The number of carboxylic acids is 1. The van der Waals surface area contributed by atoms with Crippen molar-refractivity contribution in [1.82, 2.24) is 4.98 Å². The number of hydrogen-bond donors (Lipinski definition) is 1. The van der Waals surface area contributed by atoms with Gasteiger partial charge in [0.1, 0.15) is 0 Å². The van der Waals surface area contributed by atoms with Crippen LogP contribution in [-0.2, 0) is 11.2 Å². The highest BCUT2D eigenvalue weighted by atomic mass is 19.4. The number of carboxylic acid groups (broad SMARTS) is 1. The monoisotopic (exact) mass is 289 g/mol. The second kappa shape index (κ2) is 5.33. The molecule has 0 aliphatic rings. The van der Waals surface area contributed by atoms with Crippen molar-refractivity contribution in [2.24, 2.45) is 0 Å².